The molecule has 1 amide bonds. The van der Waals surface area contributed by atoms with Gasteiger partial charge >= 0.3 is 0 Å². The Balaban J connectivity index is 1.78. The second-order valence-electron chi connectivity index (χ2n) is 6.44. The van der Waals surface area contributed by atoms with Gasteiger partial charge in [0.25, 0.3) is 5.91 Å². The predicted octanol–water partition coefficient (Wildman–Crippen LogP) is 4.62. The van der Waals surface area contributed by atoms with E-state index in [4.69, 9.17) is 16.3 Å². The van der Waals surface area contributed by atoms with Crippen LogP contribution in [0, 0.1) is 13.8 Å². The van der Waals surface area contributed by atoms with Crippen LogP contribution in [-0.2, 0) is 0 Å². The lowest BCUT2D eigenvalue weighted by atomic mass is 10.2. The molecule has 2 aromatic carbocycles. The summed E-state index contributed by atoms with van der Waals surface area (Å²) in [4.78, 5) is 12.6. The summed E-state index contributed by atoms with van der Waals surface area (Å²) >= 11 is 6.01. The molecular weight excluding hydrogens is 390 g/mol. The van der Waals surface area contributed by atoms with Crippen LogP contribution in [0.4, 0.5) is 0 Å². The summed E-state index contributed by atoms with van der Waals surface area (Å²) in [5.74, 6) is -0.173. The molecule has 1 heterocycles. The van der Waals surface area contributed by atoms with Crippen molar-refractivity contribution in [2.75, 3.05) is 6.61 Å². The summed E-state index contributed by atoms with van der Waals surface area (Å²) in [6, 6.07) is 14.8. The molecule has 0 saturated heterocycles. The maximum atomic E-state index is 12.6. The van der Waals surface area contributed by atoms with Crippen LogP contribution in [0.1, 0.15) is 34.2 Å². The van der Waals surface area contributed by atoms with E-state index >= 15 is 0 Å². The number of aryl methyl sites for hydroxylation is 1. The van der Waals surface area contributed by atoms with Crippen LogP contribution in [0.5, 0.6) is 11.5 Å². The molecule has 2 N–H and O–H groups in total. The Morgan fingerprint density at radius 3 is 2.66 bits per heavy atom. The number of hydrogen-bond acceptors (Lipinski definition) is 4. The number of phenolic OH excluding ortho intramolecular Hbond substituents is 1. The molecule has 0 unspecified atom stereocenters. The number of aromatic nitrogens is 1. The Labute approximate surface area is 174 Å². The summed E-state index contributed by atoms with van der Waals surface area (Å²) in [6.07, 6.45) is 1.45. The summed E-state index contributed by atoms with van der Waals surface area (Å²) < 4.78 is 7.36. The van der Waals surface area contributed by atoms with E-state index < -0.39 is 0 Å². The molecule has 0 aliphatic rings. The summed E-state index contributed by atoms with van der Waals surface area (Å²) in [5, 5.41) is 14.1. The first-order valence-electron chi connectivity index (χ1n) is 9.15. The number of hydrogen-bond donors (Lipinski definition) is 2. The zero-order chi connectivity index (χ0) is 21.0. The Morgan fingerprint density at radius 1 is 1.24 bits per heavy atom. The highest BCUT2D eigenvalue weighted by atomic mass is 35.5. The van der Waals surface area contributed by atoms with E-state index in [1.807, 2.05) is 54.8 Å². The van der Waals surface area contributed by atoms with Gasteiger partial charge in [0, 0.05) is 17.1 Å². The smallest absolute Gasteiger partial charge is 0.273 e. The van der Waals surface area contributed by atoms with Crippen LogP contribution in [0.15, 0.2) is 53.6 Å². The molecule has 29 heavy (non-hydrogen) atoms. The number of benzene rings is 2. The third kappa shape index (κ3) is 4.43. The highest BCUT2D eigenvalue weighted by molar-refractivity contribution is 6.32. The molecule has 0 saturated carbocycles. The average molecular weight is 412 g/mol. The number of phenols is 1. The molecule has 3 aromatic rings. The number of para-hydroxylation sites is 1. The van der Waals surface area contributed by atoms with Crippen molar-refractivity contribution in [3.8, 4) is 17.2 Å². The second-order valence-corrected chi connectivity index (χ2v) is 6.84. The molecular formula is C22H22ClN3O3. The maximum absolute atomic E-state index is 12.6. The Bertz CT molecular complexity index is 1060. The van der Waals surface area contributed by atoms with Gasteiger partial charge in [-0.3, -0.25) is 4.79 Å². The molecule has 0 atom stereocenters. The number of rotatable bonds is 6. The Morgan fingerprint density at radius 2 is 1.97 bits per heavy atom. The number of carbonyl (C=O) groups is 1. The van der Waals surface area contributed by atoms with Crippen LogP contribution in [-0.4, -0.2) is 28.4 Å². The number of amides is 1. The van der Waals surface area contributed by atoms with Gasteiger partial charge in [-0.05, 0) is 56.7 Å². The minimum absolute atomic E-state index is 0.122. The van der Waals surface area contributed by atoms with Gasteiger partial charge in [-0.2, -0.15) is 5.10 Å². The van der Waals surface area contributed by atoms with Crippen molar-refractivity contribution in [2.24, 2.45) is 5.10 Å². The third-order valence-corrected chi connectivity index (χ3v) is 4.71. The number of carbonyl (C=O) groups excluding carboxylic acids is 1. The SMILES string of the molecule is CCOc1cc(/C=N/NC(=O)c2cc(C)n(-c3ccccc3)c2C)cc(Cl)c1O. The van der Waals surface area contributed by atoms with Crippen LogP contribution in [0.25, 0.3) is 5.69 Å². The quantitative estimate of drug-likeness (QED) is 0.459. The van der Waals surface area contributed by atoms with Crippen molar-refractivity contribution in [2.45, 2.75) is 20.8 Å². The Hall–Kier alpha value is -3.25. The number of hydrazone groups is 1. The van der Waals surface area contributed by atoms with Crippen LogP contribution in [0.2, 0.25) is 5.02 Å². The van der Waals surface area contributed by atoms with E-state index in [1.54, 1.807) is 13.0 Å². The van der Waals surface area contributed by atoms with Gasteiger partial charge in [-0.1, -0.05) is 29.8 Å². The van der Waals surface area contributed by atoms with Crippen molar-refractivity contribution in [1.29, 1.82) is 0 Å². The van der Waals surface area contributed by atoms with Crippen molar-refractivity contribution in [3.05, 3.63) is 76.1 Å². The van der Waals surface area contributed by atoms with Gasteiger partial charge in [0.2, 0.25) is 0 Å². The fourth-order valence-corrected chi connectivity index (χ4v) is 3.35. The monoisotopic (exact) mass is 411 g/mol. The van der Waals surface area contributed by atoms with E-state index in [0.29, 0.717) is 17.7 Å². The zero-order valence-corrected chi connectivity index (χ0v) is 17.2. The second kappa shape index (κ2) is 8.84. The standard InChI is InChI=1S/C22H22ClN3O3/c1-4-29-20-12-16(11-19(23)21(20)27)13-24-25-22(28)18-10-14(2)26(15(18)3)17-8-6-5-7-9-17/h5-13,27H,4H2,1-3H3,(H,25,28)/b24-13+. The largest absolute Gasteiger partial charge is 0.503 e. The van der Waals surface area contributed by atoms with Gasteiger partial charge in [0.05, 0.1) is 23.4 Å². The first-order valence-corrected chi connectivity index (χ1v) is 9.53. The third-order valence-electron chi connectivity index (χ3n) is 4.42. The van der Waals surface area contributed by atoms with Crippen molar-refractivity contribution in [1.82, 2.24) is 9.99 Å². The van der Waals surface area contributed by atoms with E-state index in [9.17, 15) is 9.90 Å². The molecule has 0 aliphatic carbocycles. The normalized spacial score (nSPS) is 11.0. The first-order chi connectivity index (χ1) is 13.9. The number of aromatic hydroxyl groups is 1. The summed E-state index contributed by atoms with van der Waals surface area (Å²) in [6.45, 7) is 6.04. The molecule has 0 spiro atoms. The Kier molecular flexibility index (Phi) is 6.24. The fraction of sp³-hybridized carbons (Fsp3) is 0.182. The number of halogens is 1. The maximum Gasteiger partial charge on any atom is 0.273 e. The van der Waals surface area contributed by atoms with E-state index in [-0.39, 0.29) is 22.4 Å². The molecule has 150 valence electrons. The average Bonchev–Trinajstić information content (AvgIpc) is 3.00. The van der Waals surface area contributed by atoms with Crippen LogP contribution >= 0.6 is 11.6 Å². The van der Waals surface area contributed by atoms with E-state index in [1.165, 1.54) is 12.3 Å². The number of ether oxygens (including phenoxy) is 1. The predicted molar refractivity (Wildman–Crippen MR) is 115 cm³/mol. The molecule has 0 aliphatic heterocycles. The lowest BCUT2D eigenvalue weighted by Gasteiger charge is -2.09. The molecule has 0 fully saturated rings. The lowest BCUT2D eigenvalue weighted by Crippen LogP contribution is -2.18. The molecule has 6 nitrogen and oxygen atoms in total. The van der Waals surface area contributed by atoms with Gasteiger partial charge in [0.15, 0.2) is 11.5 Å². The molecule has 3 rings (SSSR count). The fourth-order valence-electron chi connectivity index (χ4n) is 3.13. The van der Waals surface area contributed by atoms with E-state index in [0.717, 1.165) is 17.1 Å². The van der Waals surface area contributed by atoms with Crippen molar-refractivity contribution >= 4 is 23.7 Å². The highest BCUT2D eigenvalue weighted by Crippen LogP contribution is 2.34. The number of nitrogens with one attached hydrogen (secondary N) is 1. The van der Waals surface area contributed by atoms with Gasteiger partial charge < -0.3 is 14.4 Å². The molecule has 0 bridgehead atoms. The van der Waals surface area contributed by atoms with Gasteiger partial charge in [-0.25, -0.2) is 5.43 Å². The first kappa shape index (κ1) is 20.5. The van der Waals surface area contributed by atoms with Crippen LogP contribution < -0.4 is 10.2 Å². The number of nitrogens with zero attached hydrogens (tertiary/aromatic N) is 2. The topological polar surface area (TPSA) is 75.8 Å². The molecule has 7 heteroatoms. The van der Waals surface area contributed by atoms with Gasteiger partial charge in [0.1, 0.15) is 0 Å². The minimum Gasteiger partial charge on any atom is -0.503 e. The lowest BCUT2D eigenvalue weighted by molar-refractivity contribution is 0.0954. The van der Waals surface area contributed by atoms with Crippen LogP contribution in [0.3, 0.4) is 0 Å². The molecule has 0 radical (unpaired) electrons. The van der Waals surface area contributed by atoms with E-state index in [2.05, 4.69) is 10.5 Å². The van der Waals surface area contributed by atoms with Crippen molar-refractivity contribution < 1.29 is 14.6 Å². The molecule has 1 aromatic heterocycles. The summed E-state index contributed by atoms with van der Waals surface area (Å²) in [5.41, 5.74) is 6.44. The highest BCUT2D eigenvalue weighted by Gasteiger charge is 2.16. The van der Waals surface area contributed by atoms with Gasteiger partial charge in [-0.15, -0.1) is 0 Å². The minimum atomic E-state index is -0.313. The van der Waals surface area contributed by atoms with Crippen molar-refractivity contribution in [3.63, 3.8) is 0 Å². The summed E-state index contributed by atoms with van der Waals surface area (Å²) in [7, 11) is 0. The zero-order valence-electron chi connectivity index (χ0n) is 16.4.